The summed E-state index contributed by atoms with van der Waals surface area (Å²) >= 11 is 7.03. The highest BCUT2D eigenvalue weighted by atomic mass is 79.9. The summed E-state index contributed by atoms with van der Waals surface area (Å²) in [4.78, 5) is 8.08. The molecule has 20 heavy (non-hydrogen) atoms. The summed E-state index contributed by atoms with van der Waals surface area (Å²) in [5.41, 5.74) is 2.06. The molecule has 0 bridgehead atoms. The Morgan fingerprint density at radius 3 is 2.80 bits per heavy atom. The molecule has 106 valence electrons. The summed E-state index contributed by atoms with van der Waals surface area (Å²) in [5, 5.41) is 3.36. The van der Waals surface area contributed by atoms with Gasteiger partial charge in [-0.15, -0.1) is 0 Å². The number of nitrogens with zero attached hydrogens (tertiary/aromatic N) is 2. The fourth-order valence-corrected chi connectivity index (χ4v) is 3.23. The van der Waals surface area contributed by atoms with Crippen LogP contribution in [0.15, 0.2) is 39.7 Å². The lowest BCUT2D eigenvalue weighted by molar-refractivity contribution is 0.333. The van der Waals surface area contributed by atoms with Crippen molar-refractivity contribution in [3.8, 4) is 5.75 Å². The minimum absolute atomic E-state index is 0.638. The first-order valence-corrected chi connectivity index (χ1v) is 7.85. The van der Waals surface area contributed by atoms with Gasteiger partial charge in [-0.3, -0.25) is 0 Å². The van der Waals surface area contributed by atoms with Gasteiger partial charge in [0, 0.05) is 29.3 Å². The lowest BCUT2D eigenvalue weighted by atomic mass is 10.2. The largest absolute Gasteiger partial charge is 0.492 e. The van der Waals surface area contributed by atoms with Crippen LogP contribution in [0.5, 0.6) is 5.75 Å². The second-order valence-electron chi connectivity index (χ2n) is 4.11. The van der Waals surface area contributed by atoms with E-state index in [1.54, 1.807) is 12.5 Å². The van der Waals surface area contributed by atoms with E-state index in [1.807, 2.05) is 19.1 Å². The molecule has 0 spiro atoms. The minimum atomic E-state index is 0.638. The predicted molar refractivity (Wildman–Crippen MR) is 85.6 cm³/mol. The number of hydrogen-bond donors (Lipinski definition) is 1. The molecule has 0 unspecified atom stereocenters. The molecule has 6 heteroatoms. The zero-order chi connectivity index (χ0) is 14.4. The molecule has 2 rings (SSSR count). The molecule has 1 aromatic carbocycles. The van der Waals surface area contributed by atoms with Crippen LogP contribution in [0.4, 0.5) is 0 Å². The third-order valence-electron chi connectivity index (χ3n) is 2.64. The van der Waals surface area contributed by atoms with Crippen LogP contribution in [0, 0.1) is 0 Å². The van der Waals surface area contributed by atoms with Gasteiger partial charge < -0.3 is 10.1 Å². The zero-order valence-electron chi connectivity index (χ0n) is 11.1. The second-order valence-corrected chi connectivity index (χ2v) is 5.88. The van der Waals surface area contributed by atoms with Crippen LogP contribution in [-0.2, 0) is 13.1 Å². The first-order valence-electron chi connectivity index (χ1n) is 6.27. The smallest absolute Gasteiger partial charge is 0.138 e. The normalized spacial score (nSPS) is 10.6. The third kappa shape index (κ3) is 4.26. The maximum Gasteiger partial charge on any atom is 0.138 e. The van der Waals surface area contributed by atoms with Crippen LogP contribution in [0.1, 0.15) is 18.2 Å². The Labute approximate surface area is 135 Å². The van der Waals surface area contributed by atoms with Crippen LogP contribution < -0.4 is 10.1 Å². The van der Waals surface area contributed by atoms with Crippen LogP contribution in [-0.4, -0.2) is 16.6 Å². The Hall–Kier alpha value is -0.980. The Balaban J connectivity index is 2.05. The first-order chi connectivity index (χ1) is 9.70. The maximum absolute atomic E-state index is 5.69. The van der Waals surface area contributed by atoms with Gasteiger partial charge in [0.2, 0.25) is 0 Å². The van der Waals surface area contributed by atoms with Crippen molar-refractivity contribution in [3.05, 3.63) is 50.9 Å². The molecule has 0 amide bonds. The van der Waals surface area contributed by atoms with Crippen molar-refractivity contribution in [1.82, 2.24) is 15.3 Å². The SMILES string of the molecule is CCOc1c(Br)cc(Br)cc1CNCc1ccncn1. The van der Waals surface area contributed by atoms with Gasteiger partial charge in [0.15, 0.2) is 0 Å². The molecule has 2 aromatic rings. The van der Waals surface area contributed by atoms with E-state index < -0.39 is 0 Å². The van der Waals surface area contributed by atoms with Crippen molar-refractivity contribution in [1.29, 1.82) is 0 Å². The van der Waals surface area contributed by atoms with Gasteiger partial charge in [0.05, 0.1) is 16.8 Å². The van der Waals surface area contributed by atoms with E-state index in [2.05, 4.69) is 53.2 Å². The molecule has 0 aliphatic heterocycles. The van der Waals surface area contributed by atoms with E-state index in [9.17, 15) is 0 Å². The van der Waals surface area contributed by atoms with Gasteiger partial charge >= 0.3 is 0 Å². The number of ether oxygens (including phenoxy) is 1. The number of aromatic nitrogens is 2. The monoisotopic (exact) mass is 399 g/mol. The van der Waals surface area contributed by atoms with E-state index in [1.165, 1.54) is 0 Å². The van der Waals surface area contributed by atoms with Gasteiger partial charge in [0.25, 0.3) is 0 Å². The summed E-state index contributed by atoms with van der Waals surface area (Å²) in [6.45, 7) is 4.02. The molecule has 1 aromatic heterocycles. The molecule has 0 aliphatic rings. The van der Waals surface area contributed by atoms with Crippen LogP contribution in [0.2, 0.25) is 0 Å². The Kier molecular flexibility index (Phi) is 5.94. The molecule has 0 saturated heterocycles. The fraction of sp³-hybridized carbons (Fsp3) is 0.286. The van der Waals surface area contributed by atoms with Crippen LogP contribution in [0.3, 0.4) is 0 Å². The Bertz CT molecular complexity index is 564. The third-order valence-corrected chi connectivity index (χ3v) is 3.69. The highest BCUT2D eigenvalue weighted by Gasteiger charge is 2.09. The molecule has 1 heterocycles. The number of hydrogen-bond acceptors (Lipinski definition) is 4. The standard InChI is InChI=1S/C14H15Br2N3O/c1-2-20-14-10(5-11(15)6-13(14)16)7-18-8-12-3-4-17-9-19-12/h3-6,9,18H,2,7-8H2,1H3. The van der Waals surface area contributed by atoms with E-state index in [0.717, 1.165) is 26.0 Å². The van der Waals surface area contributed by atoms with Crippen molar-refractivity contribution >= 4 is 31.9 Å². The molecule has 1 N–H and O–H groups in total. The average Bonchev–Trinajstić information content (AvgIpc) is 2.43. The summed E-state index contributed by atoms with van der Waals surface area (Å²) in [5.74, 6) is 0.880. The number of halogens is 2. The molecular formula is C14H15Br2N3O. The van der Waals surface area contributed by atoms with Crippen LogP contribution in [0.25, 0.3) is 0 Å². The molecule has 0 fully saturated rings. The Morgan fingerprint density at radius 1 is 1.25 bits per heavy atom. The van der Waals surface area contributed by atoms with Gasteiger partial charge in [-0.05, 0) is 41.1 Å². The van der Waals surface area contributed by atoms with Gasteiger partial charge in [0.1, 0.15) is 12.1 Å². The van der Waals surface area contributed by atoms with E-state index in [4.69, 9.17) is 4.74 Å². The van der Waals surface area contributed by atoms with Crippen LogP contribution >= 0.6 is 31.9 Å². The average molecular weight is 401 g/mol. The second kappa shape index (κ2) is 7.71. The molecule has 0 aliphatic carbocycles. The number of benzene rings is 1. The molecule has 0 atom stereocenters. The maximum atomic E-state index is 5.69. The molecule has 0 saturated carbocycles. The Morgan fingerprint density at radius 2 is 2.10 bits per heavy atom. The van der Waals surface area contributed by atoms with E-state index in [-0.39, 0.29) is 0 Å². The van der Waals surface area contributed by atoms with Crippen molar-refractivity contribution in [2.45, 2.75) is 20.0 Å². The topological polar surface area (TPSA) is 47.0 Å². The predicted octanol–water partition coefficient (Wildman–Crippen LogP) is 3.69. The van der Waals surface area contributed by atoms with Crippen molar-refractivity contribution < 1.29 is 4.74 Å². The fourth-order valence-electron chi connectivity index (χ4n) is 1.80. The van der Waals surface area contributed by atoms with E-state index in [0.29, 0.717) is 19.7 Å². The molecule has 4 nitrogen and oxygen atoms in total. The quantitative estimate of drug-likeness (QED) is 0.803. The van der Waals surface area contributed by atoms with Gasteiger partial charge in [-0.25, -0.2) is 9.97 Å². The summed E-state index contributed by atoms with van der Waals surface area (Å²) in [7, 11) is 0. The molecule has 0 radical (unpaired) electrons. The zero-order valence-corrected chi connectivity index (χ0v) is 14.2. The lowest BCUT2D eigenvalue weighted by Gasteiger charge is -2.13. The summed E-state index contributed by atoms with van der Waals surface area (Å²) < 4.78 is 7.66. The first kappa shape index (κ1) is 15.4. The van der Waals surface area contributed by atoms with Gasteiger partial charge in [-0.2, -0.15) is 0 Å². The minimum Gasteiger partial charge on any atom is -0.492 e. The summed E-state index contributed by atoms with van der Waals surface area (Å²) in [6.07, 6.45) is 3.30. The highest BCUT2D eigenvalue weighted by Crippen LogP contribution is 2.32. The summed E-state index contributed by atoms with van der Waals surface area (Å²) in [6, 6.07) is 5.94. The lowest BCUT2D eigenvalue weighted by Crippen LogP contribution is -2.14. The highest BCUT2D eigenvalue weighted by molar-refractivity contribution is 9.11. The van der Waals surface area contributed by atoms with E-state index >= 15 is 0 Å². The number of rotatable bonds is 6. The van der Waals surface area contributed by atoms with Crippen molar-refractivity contribution in [3.63, 3.8) is 0 Å². The van der Waals surface area contributed by atoms with Crippen molar-refractivity contribution in [2.75, 3.05) is 6.61 Å². The molecular weight excluding hydrogens is 386 g/mol. The van der Waals surface area contributed by atoms with Gasteiger partial charge in [-0.1, -0.05) is 15.9 Å². The number of nitrogens with one attached hydrogen (secondary N) is 1. The van der Waals surface area contributed by atoms with Crippen molar-refractivity contribution in [2.24, 2.45) is 0 Å².